The fourth-order valence-corrected chi connectivity index (χ4v) is 1.31. The molecule has 2 aromatic rings. The molecule has 0 saturated carbocycles. The normalized spacial score (nSPS) is 10.1. The summed E-state index contributed by atoms with van der Waals surface area (Å²) in [5.74, 6) is -0.190. The molecule has 1 aromatic heterocycles. The number of rotatable bonds is 2. The van der Waals surface area contributed by atoms with Crippen LogP contribution >= 0.6 is 0 Å². The van der Waals surface area contributed by atoms with Crippen molar-refractivity contribution in [1.82, 2.24) is 9.55 Å². The zero-order valence-electron chi connectivity index (χ0n) is 8.71. The Hall–Kier alpha value is -2.30. The van der Waals surface area contributed by atoms with Gasteiger partial charge in [-0.2, -0.15) is 0 Å². The number of aryl methyl sites for hydroxylation is 1. The highest BCUT2D eigenvalue weighted by atomic mass is 16.3. The molecule has 5 nitrogen and oxygen atoms in total. The predicted octanol–water partition coefficient (Wildman–Crippen LogP) is 1.38. The maximum absolute atomic E-state index is 11.7. The summed E-state index contributed by atoms with van der Waals surface area (Å²) in [4.78, 5) is 15.6. The van der Waals surface area contributed by atoms with Gasteiger partial charge in [-0.05, 0) is 12.1 Å². The van der Waals surface area contributed by atoms with Crippen LogP contribution in [0.2, 0.25) is 0 Å². The van der Waals surface area contributed by atoms with Gasteiger partial charge in [0.05, 0.1) is 6.33 Å². The van der Waals surface area contributed by atoms with E-state index in [0.29, 0.717) is 11.4 Å². The average molecular weight is 217 g/mol. The summed E-state index contributed by atoms with van der Waals surface area (Å²) in [5.41, 5.74) is 0.876. The molecule has 1 amide bonds. The first kappa shape index (κ1) is 10.2. The largest absolute Gasteiger partial charge is 0.508 e. The van der Waals surface area contributed by atoms with Crippen molar-refractivity contribution in [2.45, 2.75) is 0 Å². The van der Waals surface area contributed by atoms with E-state index in [-0.39, 0.29) is 11.7 Å². The van der Waals surface area contributed by atoms with Gasteiger partial charge in [-0.15, -0.1) is 0 Å². The molecule has 0 unspecified atom stereocenters. The van der Waals surface area contributed by atoms with E-state index in [0.717, 1.165) is 0 Å². The van der Waals surface area contributed by atoms with Crippen molar-refractivity contribution >= 4 is 11.6 Å². The Morgan fingerprint density at radius 3 is 2.94 bits per heavy atom. The third-order valence-electron chi connectivity index (χ3n) is 2.04. The molecule has 0 spiro atoms. The molecular weight excluding hydrogens is 206 g/mol. The van der Waals surface area contributed by atoms with E-state index in [4.69, 9.17) is 0 Å². The third kappa shape index (κ3) is 2.20. The maximum atomic E-state index is 11.7. The van der Waals surface area contributed by atoms with Crippen LogP contribution in [0.3, 0.4) is 0 Å². The number of imidazole rings is 1. The average Bonchev–Trinajstić information content (AvgIpc) is 2.65. The van der Waals surface area contributed by atoms with E-state index in [9.17, 15) is 9.90 Å². The minimum atomic E-state index is -0.300. The van der Waals surface area contributed by atoms with Gasteiger partial charge in [0, 0.05) is 25.0 Å². The van der Waals surface area contributed by atoms with Gasteiger partial charge in [-0.3, -0.25) is 4.79 Å². The summed E-state index contributed by atoms with van der Waals surface area (Å²) in [6, 6.07) is 6.36. The molecule has 0 aliphatic rings. The molecule has 0 bridgehead atoms. The number of nitrogens with one attached hydrogen (secondary N) is 1. The van der Waals surface area contributed by atoms with Gasteiger partial charge in [0.1, 0.15) is 11.4 Å². The lowest BCUT2D eigenvalue weighted by Gasteiger charge is -2.02. The van der Waals surface area contributed by atoms with E-state index < -0.39 is 0 Å². The zero-order chi connectivity index (χ0) is 11.5. The van der Waals surface area contributed by atoms with E-state index >= 15 is 0 Å². The number of aromatic hydroxyl groups is 1. The Balaban J connectivity index is 2.13. The van der Waals surface area contributed by atoms with Crippen molar-refractivity contribution in [3.63, 3.8) is 0 Å². The molecule has 0 saturated heterocycles. The van der Waals surface area contributed by atoms with Crippen LogP contribution in [0.1, 0.15) is 10.5 Å². The van der Waals surface area contributed by atoms with Gasteiger partial charge in [0.25, 0.3) is 5.91 Å². The van der Waals surface area contributed by atoms with Crippen LogP contribution in [0, 0.1) is 0 Å². The molecular formula is C11H11N3O2. The third-order valence-corrected chi connectivity index (χ3v) is 2.04. The smallest absolute Gasteiger partial charge is 0.275 e. The van der Waals surface area contributed by atoms with Crippen LogP contribution < -0.4 is 5.32 Å². The van der Waals surface area contributed by atoms with Gasteiger partial charge in [0.15, 0.2) is 0 Å². The molecule has 0 fully saturated rings. The fraction of sp³-hybridized carbons (Fsp3) is 0.0909. The standard InChI is InChI=1S/C11H11N3O2/c1-14-6-10(12-7-14)11(16)13-8-3-2-4-9(15)5-8/h2-7,15H,1H3,(H,13,16). The van der Waals surface area contributed by atoms with Gasteiger partial charge >= 0.3 is 0 Å². The molecule has 82 valence electrons. The van der Waals surface area contributed by atoms with Crippen molar-refractivity contribution in [3.8, 4) is 5.75 Å². The second kappa shape index (κ2) is 4.06. The Morgan fingerprint density at radius 2 is 2.31 bits per heavy atom. The second-order valence-corrected chi connectivity index (χ2v) is 3.43. The van der Waals surface area contributed by atoms with Crippen molar-refractivity contribution in [1.29, 1.82) is 0 Å². The molecule has 0 aliphatic carbocycles. The van der Waals surface area contributed by atoms with E-state index in [1.807, 2.05) is 0 Å². The summed E-state index contributed by atoms with van der Waals surface area (Å²) in [7, 11) is 1.79. The lowest BCUT2D eigenvalue weighted by atomic mass is 10.3. The number of phenolic OH excluding ortho intramolecular Hbond substituents is 1. The number of hydrogen-bond acceptors (Lipinski definition) is 3. The van der Waals surface area contributed by atoms with Crippen LogP contribution in [0.4, 0.5) is 5.69 Å². The van der Waals surface area contributed by atoms with E-state index in [1.165, 1.54) is 12.1 Å². The number of carbonyl (C=O) groups is 1. The van der Waals surface area contributed by atoms with E-state index in [1.54, 1.807) is 36.3 Å². The number of amides is 1. The van der Waals surface area contributed by atoms with E-state index in [2.05, 4.69) is 10.3 Å². The summed E-state index contributed by atoms with van der Waals surface area (Å²) in [6.45, 7) is 0. The Labute approximate surface area is 92.4 Å². The lowest BCUT2D eigenvalue weighted by molar-refractivity contribution is 0.102. The van der Waals surface area contributed by atoms with Crippen LogP contribution in [-0.4, -0.2) is 20.6 Å². The van der Waals surface area contributed by atoms with Crippen LogP contribution in [0.5, 0.6) is 5.75 Å². The minimum Gasteiger partial charge on any atom is -0.508 e. The van der Waals surface area contributed by atoms with Crippen LogP contribution in [0.15, 0.2) is 36.8 Å². The highest BCUT2D eigenvalue weighted by molar-refractivity contribution is 6.02. The molecule has 5 heteroatoms. The number of phenols is 1. The number of nitrogens with zero attached hydrogens (tertiary/aromatic N) is 2. The first-order chi connectivity index (χ1) is 7.65. The summed E-state index contributed by atoms with van der Waals surface area (Å²) < 4.78 is 1.69. The van der Waals surface area contributed by atoms with Crippen molar-refractivity contribution in [3.05, 3.63) is 42.5 Å². The number of benzene rings is 1. The minimum absolute atomic E-state index is 0.110. The molecule has 2 N–H and O–H groups in total. The summed E-state index contributed by atoms with van der Waals surface area (Å²) in [5, 5.41) is 11.9. The number of carbonyl (C=O) groups excluding carboxylic acids is 1. The summed E-state index contributed by atoms with van der Waals surface area (Å²) >= 11 is 0. The molecule has 2 rings (SSSR count). The van der Waals surface area contributed by atoms with Crippen molar-refractivity contribution < 1.29 is 9.90 Å². The highest BCUT2D eigenvalue weighted by Crippen LogP contribution is 2.15. The Bertz CT molecular complexity index is 519. The van der Waals surface area contributed by atoms with Gasteiger partial charge in [-0.25, -0.2) is 4.98 Å². The number of aromatic nitrogens is 2. The SMILES string of the molecule is Cn1cnc(C(=O)Nc2cccc(O)c2)c1. The van der Waals surface area contributed by atoms with Crippen LogP contribution in [-0.2, 0) is 7.05 Å². The van der Waals surface area contributed by atoms with Gasteiger partial charge in [0.2, 0.25) is 0 Å². The predicted molar refractivity (Wildman–Crippen MR) is 59.3 cm³/mol. The first-order valence-electron chi connectivity index (χ1n) is 4.73. The molecule has 0 radical (unpaired) electrons. The molecule has 16 heavy (non-hydrogen) atoms. The molecule has 1 aromatic carbocycles. The Morgan fingerprint density at radius 1 is 1.50 bits per heavy atom. The van der Waals surface area contributed by atoms with Crippen molar-refractivity contribution in [2.75, 3.05) is 5.32 Å². The van der Waals surface area contributed by atoms with Crippen LogP contribution in [0.25, 0.3) is 0 Å². The van der Waals surface area contributed by atoms with Gasteiger partial charge in [-0.1, -0.05) is 6.07 Å². The first-order valence-corrected chi connectivity index (χ1v) is 4.73. The second-order valence-electron chi connectivity index (χ2n) is 3.43. The maximum Gasteiger partial charge on any atom is 0.275 e. The quantitative estimate of drug-likeness (QED) is 0.798. The lowest BCUT2D eigenvalue weighted by Crippen LogP contribution is -2.12. The topological polar surface area (TPSA) is 67.2 Å². The fourth-order valence-electron chi connectivity index (χ4n) is 1.31. The number of hydrogen-bond donors (Lipinski definition) is 2. The molecule has 1 heterocycles. The monoisotopic (exact) mass is 217 g/mol. The molecule has 0 atom stereocenters. The Kier molecular flexibility index (Phi) is 2.59. The van der Waals surface area contributed by atoms with Gasteiger partial charge < -0.3 is 15.0 Å². The van der Waals surface area contributed by atoms with Crippen molar-refractivity contribution in [2.24, 2.45) is 7.05 Å². The highest BCUT2D eigenvalue weighted by Gasteiger charge is 2.08. The summed E-state index contributed by atoms with van der Waals surface area (Å²) in [6.07, 6.45) is 3.18. The zero-order valence-corrected chi connectivity index (χ0v) is 8.71. The molecule has 0 aliphatic heterocycles. The number of anilines is 1.